The molecule has 0 heterocycles. The summed E-state index contributed by atoms with van der Waals surface area (Å²) in [6.45, 7) is 1.80. The molecule has 0 radical (unpaired) electrons. The maximum Gasteiger partial charge on any atom is 0.128 e. The van der Waals surface area contributed by atoms with Crippen molar-refractivity contribution >= 4 is 18.2 Å². The van der Waals surface area contributed by atoms with Crippen LogP contribution in [0.1, 0.15) is 6.92 Å². The Kier molecular flexibility index (Phi) is 3.20. The van der Waals surface area contributed by atoms with E-state index in [-0.39, 0.29) is 5.92 Å². The van der Waals surface area contributed by atoms with Crippen molar-refractivity contribution < 1.29 is 4.79 Å². The number of hydrogen-bond acceptors (Lipinski definition) is 2. The molecular formula is C10H11NO. The molecule has 0 bridgehead atoms. The van der Waals surface area contributed by atoms with Crippen LogP contribution in [0.5, 0.6) is 0 Å². The van der Waals surface area contributed by atoms with Crippen LogP contribution in [0.25, 0.3) is 0 Å². The number of benzene rings is 1. The smallest absolute Gasteiger partial charge is 0.128 e. The van der Waals surface area contributed by atoms with Crippen molar-refractivity contribution in [2.24, 2.45) is 10.9 Å². The average Bonchev–Trinajstić information content (AvgIpc) is 2.16. The number of nitrogens with zero attached hydrogens (tertiary/aromatic N) is 1. The highest BCUT2D eigenvalue weighted by Gasteiger charge is 1.91. The Hall–Kier alpha value is -1.44. The number of rotatable bonds is 3. The third kappa shape index (κ3) is 2.66. The van der Waals surface area contributed by atoms with Gasteiger partial charge in [0, 0.05) is 12.1 Å². The molecule has 0 amide bonds. The highest BCUT2D eigenvalue weighted by Crippen LogP contribution is 2.08. The molecule has 2 nitrogen and oxygen atoms in total. The molecule has 1 aromatic rings. The summed E-state index contributed by atoms with van der Waals surface area (Å²) in [4.78, 5) is 14.4. The molecule has 0 spiro atoms. The van der Waals surface area contributed by atoms with Crippen LogP contribution < -0.4 is 0 Å². The maximum absolute atomic E-state index is 10.2. The van der Waals surface area contributed by atoms with Crippen molar-refractivity contribution in [3.63, 3.8) is 0 Å². The van der Waals surface area contributed by atoms with E-state index in [0.29, 0.717) is 0 Å². The largest absolute Gasteiger partial charge is 0.303 e. The second-order valence-electron chi connectivity index (χ2n) is 2.61. The first kappa shape index (κ1) is 8.65. The molecule has 62 valence electrons. The Bertz CT molecular complexity index is 266. The highest BCUT2D eigenvalue weighted by atomic mass is 16.1. The molecule has 1 atom stereocenters. The standard InChI is InChI=1S/C10H11NO/c1-9(8-12)7-11-10-5-3-2-4-6-10/h2-9H,1H3. The van der Waals surface area contributed by atoms with Crippen molar-refractivity contribution in [3.8, 4) is 0 Å². The van der Waals surface area contributed by atoms with E-state index in [9.17, 15) is 4.79 Å². The zero-order valence-electron chi connectivity index (χ0n) is 6.97. The Balaban J connectivity index is 2.63. The first-order chi connectivity index (χ1) is 5.83. The molecule has 0 N–H and O–H groups in total. The fraction of sp³-hybridized carbons (Fsp3) is 0.200. The second-order valence-corrected chi connectivity index (χ2v) is 2.61. The number of carbonyl (C=O) groups is 1. The zero-order valence-corrected chi connectivity index (χ0v) is 6.97. The van der Waals surface area contributed by atoms with Gasteiger partial charge in [0.15, 0.2) is 0 Å². The highest BCUT2D eigenvalue weighted by molar-refractivity contribution is 5.81. The van der Waals surface area contributed by atoms with Gasteiger partial charge in [0.05, 0.1) is 5.69 Å². The van der Waals surface area contributed by atoms with E-state index < -0.39 is 0 Å². The molecule has 0 aliphatic rings. The lowest BCUT2D eigenvalue weighted by Gasteiger charge is -1.92. The van der Waals surface area contributed by atoms with Gasteiger partial charge >= 0.3 is 0 Å². The fourth-order valence-electron chi connectivity index (χ4n) is 0.753. The normalized spacial score (nSPS) is 13.1. The van der Waals surface area contributed by atoms with E-state index in [1.165, 1.54) is 0 Å². The first-order valence-corrected chi connectivity index (χ1v) is 3.87. The first-order valence-electron chi connectivity index (χ1n) is 3.87. The van der Waals surface area contributed by atoms with Crippen molar-refractivity contribution in [1.29, 1.82) is 0 Å². The van der Waals surface area contributed by atoms with Crippen LogP contribution in [0.15, 0.2) is 35.3 Å². The third-order valence-corrected chi connectivity index (χ3v) is 1.43. The summed E-state index contributed by atoms with van der Waals surface area (Å²) in [5.41, 5.74) is 0.881. The number of aliphatic imine (C=N–C) groups is 1. The van der Waals surface area contributed by atoms with E-state index in [0.717, 1.165) is 12.0 Å². The van der Waals surface area contributed by atoms with Gasteiger partial charge in [-0.3, -0.25) is 4.99 Å². The van der Waals surface area contributed by atoms with E-state index in [2.05, 4.69) is 4.99 Å². The molecule has 1 aromatic carbocycles. The van der Waals surface area contributed by atoms with Gasteiger partial charge in [0.1, 0.15) is 6.29 Å². The molecule has 12 heavy (non-hydrogen) atoms. The molecule has 2 heteroatoms. The van der Waals surface area contributed by atoms with Crippen LogP contribution in [0.4, 0.5) is 5.69 Å². The van der Waals surface area contributed by atoms with Gasteiger partial charge in [-0.15, -0.1) is 0 Å². The summed E-state index contributed by atoms with van der Waals surface area (Å²) in [5, 5.41) is 0. The lowest BCUT2D eigenvalue weighted by atomic mass is 10.2. The number of carbonyl (C=O) groups excluding carboxylic acids is 1. The minimum absolute atomic E-state index is 0.106. The van der Waals surface area contributed by atoms with Crippen LogP contribution in [0.3, 0.4) is 0 Å². The van der Waals surface area contributed by atoms with Crippen molar-refractivity contribution in [3.05, 3.63) is 30.3 Å². The summed E-state index contributed by atoms with van der Waals surface area (Å²) in [6, 6.07) is 9.56. The third-order valence-electron chi connectivity index (χ3n) is 1.43. The van der Waals surface area contributed by atoms with Crippen molar-refractivity contribution in [2.75, 3.05) is 0 Å². The molecule has 1 unspecified atom stereocenters. The minimum Gasteiger partial charge on any atom is -0.303 e. The van der Waals surface area contributed by atoms with Crippen LogP contribution in [-0.2, 0) is 4.79 Å². The number of aldehydes is 1. The fourth-order valence-corrected chi connectivity index (χ4v) is 0.753. The molecule has 0 saturated heterocycles. The lowest BCUT2D eigenvalue weighted by molar-refractivity contribution is -0.109. The molecule has 0 aliphatic heterocycles. The molecule has 0 fully saturated rings. The van der Waals surface area contributed by atoms with Crippen molar-refractivity contribution in [1.82, 2.24) is 0 Å². The van der Waals surface area contributed by atoms with Crippen molar-refractivity contribution in [2.45, 2.75) is 6.92 Å². The Morgan fingerprint density at radius 1 is 1.33 bits per heavy atom. The van der Waals surface area contributed by atoms with E-state index in [4.69, 9.17) is 0 Å². The second kappa shape index (κ2) is 4.44. The summed E-state index contributed by atoms with van der Waals surface area (Å²) >= 11 is 0. The Morgan fingerprint density at radius 3 is 2.58 bits per heavy atom. The van der Waals surface area contributed by atoms with Crippen LogP contribution in [0, 0.1) is 5.92 Å². The van der Waals surface area contributed by atoms with Crippen LogP contribution in [-0.4, -0.2) is 12.5 Å². The van der Waals surface area contributed by atoms with Crippen LogP contribution >= 0.6 is 0 Å². The van der Waals surface area contributed by atoms with Gasteiger partial charge < -0.3 is 4.79 Å². The number of hydrogen-bond donors (Lipinski definition) is 0. The lowest BCUT2D eigenvalue weighted by Crippen LogP contribution is -1.95. The SMILES string of the molecule is CC(C=O)C=Nc1ccccc1. The molecule has 0 saturated carbocycles. The summed E-state index contributed by atoms with van der Waals surface area (Å²) in [7, 11) is 0. The predicted molar refractivity (Wildman–Crippen MR) is 49.8 cm³/mol. The van der Waals surface area contributed by atoms with E-state index >= 15 is 0 Å². The molecule has 0 aromatic heterocycles. The Morgan fingerprint density at radius 2 is 2.00 bits per heavy atom. The van der Waals surface area contributed by atoms with Gasteiger partial charge in [-0.25, -0.2) is 0 Å². The van der Waals surface area contributed by atoms with Gasteiger partial charge in [0.2, 0.25) is 0 Å². The monoisotopic (exact) mass is 161 g/mol. The quantitative estimate of drug-likeness (QED) is 0.493. The van der Waals surface area contributed by atoms with E-state index in [1.54, 1.807) is 13.1 Å². The topological polar surface area (TPSA) is 29.4 Å². The summed E-state index contributed by atoms with van der Waals surface area (Å²) in [6.07, 6.45) is 2.51. The average molecular weight is 161 g/mol. The molecular weight excluding hydrogens is 150 g/mol. The summed E-state index contributed by atoms with van der Waals surface area (Å²) < 4.78 is 0. The van der Waals surface area contributed by atoms with Gasteiger partial charge in [0.25, 0.3) is 0 Å². The van der Waals surface area contributed by atoms with E-state index in [1.807, 2.05) is 30.3 Å². The van der Waals surface area contributed by atoms with Gasteiger partial charge in [-0.05, 0) is 12.1 Å². The Labute approximate surface area is 71.9 Å². The zero-order chi connectivity index (χ0) is 8.81. The molecule has 0 aliphatic carbocycles. The molecule has 1 rings (SSSR count). The number of para-hydroxylation sites is 1. The summed E-state index contributed by atoms with van der Waals surface area (Å²) in [5.74, 6) is -0.106. The minimum atomic E-state index is -0.106. The van der Waals surface area contributed by atoms with Gasteiger partial charge in [-0.2, -0.15) is 0 Å². The van der Waals surface area contributed by atoms with Gasteiger partial charge in [-0.1, -0.05) is 25.1 Å². The maximum atomic E-state index is 10.2. The predicted octanol–water partition coefficient (Wildman–Crippen LogP) is 2.22. The van der Waals surface area contributed by atoms with Crippen LogP contribution in [0.2, 0.25) is 0 Å².